The van der Waals surface area contributed by atoms with Gasteiger partial charge < -0.3 is 4.90 Å². The zero-order chi connectivity index (χ0) is 17.6. The van der Waals surface area contributed by atoms with Gasteiger partial charge in [-0.05, 0) is 32.3 Å². The highest BCUT2D eigenvalue weighted by Gasteiger charge is 2.26. The van der Waals surface area contributed by atoms with Gasteiger partial charge in [-0.25, -0.2) is 9.50 Å². The van der Waals surface area contributed by atoms with Crippen LogP contribution < -0.4 is 5.56 Å². The number of aryl methyl sites for hydroxylation is 2. The topological polar surface area (TPSA) is 70.5 Å². The van der Waals surface area contributed by atoms with E-state index in [4.69, 9.17) is 0 Å². The molecule has 0 bridgehead atoms. The SMILES string of the molecule is Cc1nc2c(-c3ccccc3)c(C)[nH]n2c(=O)c1C(=O)N1CCCC1. The summed E-state index contributed by atoms with van der Waals surface area (Å²) >= 11 is 0. The molecule has 0 unspecified atom stereocenters. The third-order valence-electron chi connectivity index (χ3n) is 4.81. The first-order valence-corrected chi connectivity index (χ1v) is 8.54. The number of hydrogen-bond donors (Lipinski definition) is 1. The Bertz CT molecular complexity index is 1010. The highest BCUT2D eigenvalue weighted by molar-refractivity contribution is 5.95. The van der Waals surface area contributed by atoms with Gasteiger partial charge in [0, 0.05) is 24.3 Å². The largest absolute Gasteiger partial charge is 0.338 e. The van der Waals surface area contributed by atoms with E-state index >= 15 is 0 Å². The number of H-pyrrole nitrogens is 1. The summed E-state index contributed by atoms with van der Waals surface area (Å²) in [6.07, 6.45) is 1.98. The Labute approximate surface area is 145 Å². The Morgan fingerprint density at radius 1 is 1.12 bits per heavy atom. The molecule has 1 saturated heterocycles. The molecule has 6 nitrogen and oxygen atoms in total. The number of carbonyl (C=O) groups is 1. The van der Waals surface area contributed by atoms with Crippen molar-refractivity contribution in [3.8, 4) is 11.1 Å². The van der Waals surface area contributed by atoms with Gasteiger partial charge in [0.15, 0.2) is 5.65 Å². The van der Waals surface area contributed by atoms with E-state index in [1.165, 1.54) is 4.52 Å². The Morgan fingerprint density at radius 2 is 1.80 bits per heavy atom. The second-order valence-electron chi connectivity index (χ2n) is 6.51. The van der Waals surface area contributed by atoms with Crippen LogP contribution >= 0.6 is 0 Å². The maximum atomic E-state index is 13.0. The Kier molecular flexibility index (Phi) is 3.67. The summed E-state index contributed by atoms with van der Waals surface area (Å²) in [6, 6.07) is 9.83. The molecular formula is C19H20N4O2. The first kappa shape index (κ1) is 15.6. The highest BCUT2D eigenvalue weighted by atomic mass is 16.2. The number of nitrogens with zero attached hydrogens (tertiary/aromatic N) is 3. The minimum Gasteiger partial charge on any atom is -0.338 e. The lowest BCUT2D eigenvalue weighted by Gasteiger charge is -2.15. The molecule has 0 radical (unpaired) electrons. The number of aromatic nitrogens is 3. The van der Waals surface area contributed by atoms with Gasteiger partial charge in [-0.3, -0.25) is 14.7 Å². The van der Waals surface area contributed by atoms with Gasteiger partial charge >= 0.3 is 0 Å². The summed E-state index contributed by atoms with van der Waals surface area (Å²) in [6.45, 7) is 5.06. The van der Waals surface area contributed by atoms with Crippen molar-refractivity contribution in [2.24, 2.45) is 0 Å². The molecule has 4 rings (SSSR count). The van der Waals surface area contributed by atoms with Crippen LogP contribution in [0.4, 0.5) is 0 Å². The molecule has 3 aromatic rings. The van der Waals surface area contributed by atoms with Crippen molar-refractivity contribution in [3.05, 3.63) is 57.6 Å². The van der Waals surface area contributed by atoms with Crippen LogP contribution in [-0.4, -0.2) is 38.5 Å². The van der Waals surface area contributed by atoms with Crippen molar-refractivity contribution in [2.75, 3.05) is 13.1 Å². The summed E-state index contributed by atoms with van der Waals surface area (Å²) in [5.41, 5.74) is 3.61. The number of likely N-dealkylation sites (tertiary alicyclic amines) is 1. The molecule has 2 aromatic heterocycles. The molecule has 0 spiro atoms. The zero-order valence-corrected chi connectivity index (χ0v) is 14.4. The van der Waals surface area contributed by atoms with E-state index in [1.54, 1.807) is 11.8 Å². The molecule has 1 aliphatic heterocycles. The Balaban J connectivity index is 1.93. The van der Waals surface area contributed by atoms with Gasteiger partial charge in [-0.1, -0.05) is 30.3 Å². The van der Waals surface area contributed by atoms with Crippen LogP contribution in [-0.2, 0) is 0 Å². The number of benzene rings is 1. The van der Waals surface area contributed by atoms with Crippen LogP contribution in [0.25, 0.3) is 16.8 Å². The first-order chi connectivity index (χ1) is 12.1. The number of carbonyl (C=O) groups excluding carboxylic acids is 1. The number of rotatable bonds is 2. The minimum absolute atomic E-state index is 0.167. The third kappa shape index (κ3) is 2.45. The number of amides is 1. The van der Waals surface area contributed by atoms with Crippen molar-refractivity contribution in [1.29, 1.82) is 0 Å². The molecule has 128 valence electrons. The summed E-state index contributed by atoms with van der Waals surface area (Å²) in [5, 5.41) is 3.08. The van der Waals surface area contributed by atoms with Gasteiger partial charge in [0.25, 0.3) is 11.5 Å². The number of hydrogen-bond acceptors (Lipinski definition) is 3. The van der Waals surface area contributed by atoms with Crippen LogP contribution in [0.15, 0.2) is 35.1 Å². The van der Waals surface area contributed by atoms with E-state index < -0.39 is 0 Å². The van der Waals surface area contributed by atoms with E-state index in [2.05, 4.69) is 10.1 Å². The summed E-state index contributed by atoms with van der Waals surface area (Å²) in [7, 11) is 0. The number of nitrogens with one attached hydrogen (secondary N) is 1. The standard InChI is InChI=1S/C19H20N4O2/c1-12-16(18(24)22-10-6-7-11-22)19(25)23-17(20-12)15(13(2)21-23)14-8-4-3-5-9-14/h3-5,8-9,21H,6-7,10-11H2,1-2H3. The average Bonchev–Trinajstić information content (AvgIpc) is 3.23. The fourth-order valence-electron chi connectivity index (χ4n) is 3.57. The third-order valence-corrected chi connectivity index (χ3v) is 4.81. The predicted octanol–water partition coefficient (Wildman–Crippen LogP) is 2.54. The van der Waals surface area contributed by atoms with Crippen LogP contribution in [0, 0.1) is 13.8 Å². The molecule has 6 heteroatoms. The molecular weight excluding hydrogens is 316 g/mol. The van der Waals surface area contributed by atoms with E-state index in [1.807, 2.05) is 37.3 Å². The molecule has 25 heavy (non-hydrogen) atoms. The van der Waals surface area contributed by atoms with Gasteiger partial charge in [-0.15, -0.1) is 0 Å². The maximum absolute atomic E-state index is 13.0. The van der Waals surface area contributed by atoms with Crippen LogP contribution in [0.5, 0.6) is 0 Å². The van der Waals surface area contributed by atoms with Crippen molar-refractivity contribution >= 4 is 11.6 Å². The van der Waals surface area contributed by atoms with Gasteiger partial charge in [-0.2, -0.15) is 0 Å². The molecule has 1 N–H and O–H groups in total. The highest BCUT2D eigenvalue weighted by Crippen LogP contribution is 2.26. The molecule has 1 aliphatic rings. The fourth-order valence-corrected chi connectivity index (χ4v) is 3.57. The van der Waals surface area contributed by atoms with Gasteiger partial charge in [0.05, 0.1) is 5.69 Å². The lowest BCUT2D eigenvalue weighted by atomic mass is 10.1. The van der Waals surface area contributed by atoms with E-state index in [9.17, 15) is 9.59 Å². The lowest BCUT2D eigenvalue weighted by Crippen LogP contribution is -2.35. The number of fused-ring (bicyclic) bond motifs is 1. The summed E-state index contributed by atoms with van der Waals surface area (Å²) in [4.78, 5) is 32.1. The van der Waals surface area contributed by atoms with Gasteiger partial charge in [0.1, 0.15) is 5.56 Å². The lowest BCUT2D eigenvalue weighted by molar-refractivity contribution is 0.0789. The van der Waals surface area contributed by atoms with Crippen LogP contribution in [0.2, 0.25) is 0 Å². The normalized spacial score (nSPS) is 14.4. The van der Waals surface area contributed by atoms with Gasteiger partial charge in [0.2, 0.25) is 0 Å². The molecule has 0 aliphatic carbocycles. The van der Waals surface area contributed by atoms with E-state index in [0.717, 1.165) is 29.7 Å². The second kappa shape index (κ2) is 5.88. The first-order valence-electron chi connectivity index (χ1n) is 8.54. The second-order valence-corrected chi connectivity index (χ2v) is 6.51. The minimum atomic E-state index is -0.329. The molecule has 1 amide bonds. The zero-order valence-electron chi connectivity index (χ0n) is 14.4. The molecule has 1 aromatic carbocycles. The Morgan fingerprint density at radius 3 is 2.48 bits per heavy atom. The quantitative estimate of drug-likeness (QED) is 0.782. The average molecular weight is 336 g/mol. The monoisotopic (exact) mass is 336 g/mol. The molecule has 3 heterocycles. The predicted molar refractivity (Wildman–Crippen MR) is 95.9 cm³/mol. The van der Waals surface area contributed by atoms with Crippen molar-refractivity contribution in [1.82, 2.24) is 19.5 Å². The molecule has 0 atom stereocenters. The summed E-state index contributed by atoms with van der Waals surface area (Å²) in [5.74, 6) is -0.213. The van der Waals surface area contributed by atoms with Crippen LogP contribution in [0.3, 0.4) is 0 Å². The maximum Gasteiger partial charge on any atom is 0.285 e. The van der Waals surface area contributed by atoms with Crippen molar-refractivity contribution < 1.29 is 4.79 Å². The van der Waals surface area contributed by atoms with Crippen molar-refractivity contribution in [3.63, 3.8) is 0 Å². The fraction of sp³-hybridized carbons (Fsp3) is 0.316. The molecule has 0 saturated carbocycles. The smallest absolute Gasteiger partial charge is 0.285 e. The molecule has 1 fully saturated rings. The Hall–Kier alpha value is -2.89. The van der Waals surface area contributed by atoms with Crippen molar-refractivity contribution in [2.45, 2.75) is 26.7 Å². The summed E-state index contributed by atoms with van der Waals surface area (Å²) < 4.78 is 1.40. The van der Waals surface area contributed by atoms with E-state index in [-0.39, 0.29) is 17.0 Å². The number of aromatic amines is 1. The van der Waals surface area contributed by atoms with Crippen LogP contribution in [0.1, 0.15) is 34.6 Å². The van der Waals surface area contributed by atoms with E-state index in [0.29, 0.717) is 24.4 Å².